The molecule has 0 radical (unpaired) electrons. The van der Waals surface area contributed by atoms with Crippen LogP contribution in [0.15, 0.2) is 35.2 Å². The molecular weight excluding hydrogens is 506 g/mol. The van der Waals surface area contributed by atoms with Gasteiger partial charge in [-0.2, -0.15) is 0 Å². The molecule has 2 aliphatic heterocycles. The molecule has 0 aliphatic carbocycles. The number of rotatable bonds is 6. The number of nitrogens with one attached hydrogen (secondary N) is 1. The quantitative estimate of drug-likeness (QED) is 0.259. The molecule has 14 heteroatoms. The van der Waals surface area contributed by atoms with Gasteiger partial charge in [0.2, 0.25) is 12.7 Å². The molecule has 0 saturated carbocycles. The second kappa shape index (κ2) is 9.64. The number of carbonyl (C=O) groups is 4. The van der Waals surface area contributed by atoms with Crippen molar-refractivity contribution in [2.24, 2.45) is 0 Å². The number of anilines is 1. The standard InChI is InChI=1S/C21H14ClN3O9S/c1-32-20(28)12-6-11(2-3-13(12)22)23-18(26)8-24-19(27)17(35-21(24)29)5-10-4-15-16(34-9-33-15)7-14(10)25(30)31/h2-7H,8-9H2,1H3,(H,23,26)/b17-5-. The number of nitrogens with zero attached hydrogens (tertiary/aromatic N) is 2. The van der Waals surface area contributed by atoms with Crippen molar-refractivity contribution in [3.05, 3.63) is 61.5 Å². The molecular formula is C21H14ClN3O9S. The summed E-state index contributed by atoms with van der Waals surface area (Å²) in [5, 5.41) is 13.3. The van der Waals surface area contributed by atoms with Crippen LogP contribution >= 0.6 is 23.4 Å². The Hall–Kier alpha value is -4.10. The molecule has 2 aromatic carbocycles. The van der Waals surface area contributed by atoms with Gasteiger partial charge in [-0.25, -0.2) is 4.79 Å². The van der Waals surface area contributed by atoms with Crippen molar-refractivity contribution in [3.63, 3.8) is 0 Å². The van der Waals surface area contributed by atoms with Gasteiger partial charge in [-0.1, -0.05) is 11.6 Å². The van der Waals surface area contributed by atoms with Gasteiger partial charge in [-0.05, 0) is 42.1 Å². The number of fused-ring (bicyclic) bond motifs is 1. The van der Waals surface area contributed by atoms with Crippen molar-refractivity contribution in [2.45, 2.75) is 0 Å². The zero-order valence-electron chi connectivity index (χ0n) is 17.7. The molecule has 0 bridgehead atoms. The molecule has 12 nitrogen and oxygen atoms in total. The van der Waals surface area contributed by atoms with Crippen molar-refractivity contribution < 1.29 is 38.3 Å². The number of methoxy groups -OCH3 is 1. The highest BCUT2D eigenvalue weighted by molar-refractivity contribution is 8.18. The summed E-state index contributed by atoms with van der Waals surface area (Å²) in [6.07, 6.45) is 1.19. The second-order valence-corrected chi connectivity index (χ2v) is 8.42. The van der Waals surface area contributed by atoms with Crippen LogP contribution < -0.4 is 14.8 Å². The molecule has 0 aromatic heterocycles. The Morgan fingerprint density at radius 3 is 2.66 bits per heavy atom. The molecule has 0 atom stereocenters. The number of hydrogen-bond acceptors (Lipinski definition) is 10. The Balaban J connectivity index is 1.51. The minimum Gasteiger partial charge on any atom is -0.465 e. The van der Waals surface area contributed by atoms with E-state index in [9.17, 15) is 29.3 Å². The summed E-state index contributed by atoms with van der Waals surface area (Å²) >= 11 is 6.48. The summed E-state index contributed by atoms with van der Waals surface area (Å²) < 4.78 is 15.0. The van der Waals surface area contributed by atoms with E-state index in [0.29, 0.717) is 16.7 Å². The van der Waals surface area contributed by atoms with Crippen molar-refractivity contribution >= 4 is 63.8 Å². The lowest BCUT2D eigenvalue weighted by molar-refractivity contribution is -0.385. The van der Waals surface area contributed by atoms with E-state index < -0.39 is 34.5 Å². The average Bonchev–Trinajstić information content (AvgIpc) is 3.38. The van der Waals surface area contributed by atoms with E-state index in [1.165, 1.54) is 43.5 Å². The minimum absolute atomic E-state index is 0.0198. The van der Waals surface area contributed by atoms with E-state index in [4.69, 9.17) is 21.1 Å². The maximum absolute atomic E-state index is 12.8. The highest BCUT2D eigenvalue weighted by atomic mass is 35.5. The molecule has 4 rings (SSSR count). The van der Waals surface area contributed by atoms with Crippen LogP contribution in [0.1, 0.15) is 15.9 Å². The van der Waals surface area contributed by atoms with Crippen molar-refractivity contribution in [1.82, 2.24) is 4.90 Å². The van der Waals surface area contributed by atoms with Crippen LogP contribution in [-0.2, 0) is 14.3 Å². The van der Waals surface area contributed by atoms with E-state index in [1.54, 1.807) is 0 Å². The summed E-state index contributed by atoms with van der Waals surface area (Å²) in [5.74, 6) is -1.78. The smallest absolute Gasteiger partial charge is 0.339 e. The van der Waals surface area contributed by atoms with Crippen molar-refractivity contribution in [1.29, 1.82) is 0 Å². The van der Waals surface area contributed by atoms with Gasteiger partial charge < -0.3 is 19.5 Å². The fraction of sp³-hybridized carbons (Fsp3) is 0.143. The number of amides is 3. The Morgan fingerprint density at radius 1 is 1.26 bits per heavy atom. The maximum Gasteiger partial charge on any atom is 0.339 e. The third-order valence-corrected chi connectivity index (χ3v) is 6.07. The fourth-order valence-corrected chi connectivity index (χ4v) is 4.24. The molecule has 2 aliphatic rings. The number of hydrogen-bond donors (Lipinski definition) is 1. The predicted octanol–water partition coefficient (Wildman–Crippen LogP) is 3.44. The maximum atomic E-state index is 12.8. The highest BCUT2D eigenvalue weighted by Gasteiger charge is 2.37. The summed E-state index contributed by atoms with van der Waals surface area (Å²) in [4.78, 5) is 60.8. The number of nitro groups is 1. The summed E-state index contributed by atoms with van der Waals surface area (Å²) in [6.45, 7) is -0.724. The van der Waals surface area contributed by atoms with Crippen LogP contribution in [-0.4, -0.2) is 53.3 Å². The van der Waals surface area contributed by atoms with Gasteiger partial charge >= 0.3 is 5.97 Å². The fourth-order valence-electron chi connectivity index (χ4n) is 3.21. The number of carbonyl (C=O) groups excluding carboxylic acids is 4. The van der Waals surface area contributed by atoms with E-state index in [0.717, 1.165) is 0 Å². The zero-order chi connectivity index (χ0) is 25.3. The van der Waals surface area contributed by atoms with Crippen molar-refractivity contribution in [3.8, 4) is 11.5 Å². The van der Waals surface area contributed by atoms with Gasteiger partial charge in [-0.3, -0.25) is 29.4 Å². The van der Waals surface area contributed by atoms with Gasteiger partial charge in [0.25, 0.3) is 16.8 Å². The number of benzene rings is 2. The summed E-state index contributed by atoms with van der Waals surface area (Å²) in [5.41, 5.74) is -0.0988. The predicted molar refractivity (Wildman–Crippen MR) is 123 cm³/mol. The van der Waals surface area contributed by atoms with E-state index in [1.807, 2.05) is 0 Å². The average molecular weight is 520 g/mol. The highest BCUT2D eigenvalue weighted by Crippen LogP contribution is 2.40. The number of esters is 1. The van der Waals surface area contributed by atoms with Gasteiger partial charge in [0.05, 0.1) is 39.2 Å². The lowest BCUT2D eigenvalue weighted by Gasteiger charge is -2.13. The number of thioether (sulfide) groups is 1. The van der Waals surface area contributed by atoms with E-state index in [-0.39, 0.29) is 50.7 Å². The van der Waals surface area contributed by atoms with Gasteiger partial charge in [-0.15, -0.1) is 0 Å². The van der Waals surface area contributed by atoms with Crippen LogP contribution in [0.2, 0.25) is 5.02 Å². The van der Waals surface area contributed by atoms with E-state index in [2.05, 4.69) is 10.1 Å². The topological polar surface area (TPSA) is 154 Å². The first-order valence-electron chi connectivity index (χ1n) is 9.69. The molecule has 3 amide bonds. The Kier molecular flexibility index (Phi) is 6.62. The Bertz CT molecular complexity index is 1330. The zero-order valence-corrected chi connectivity index (χ0v) is 19.3. The lowest BCUT2D eigenvalue weighted by Crippen LogP contribution is -2.36. The number of halogens is 1. The minimum atomic E-state index is -0.798. The Labute approximate surface area is 205 Å². The monoisotopic (exact) mass is 519 g/mol. The normalized spacial score (nSPS) is 15.5. The van der Waals surface area contributed by atoms with Crippen LogP contribution in [0.5, 0.6) is 11.5 Å². The molecule has 2 aromatic rings. The van der Waals surface area contributed by atoms with Crippen molar-refractivity contribution in [2.75, 3.05) is 25.8 Å². The van der Waals surface area contributed by atoms with Crippen LogP contribution in [0.4, 0.5) is 16.2 Å². The molecule has 1 N–H and O–H groups in total. The number of nitro benzene ring substituents is 1. The lowest BCUT2D eigenvalue weighted by atomic mass is 10.1. The van der Waals surface area contributed by atoms with Crippen LogP contribution in [0.25, 0.3) is 6.08 Å². The molecule has 180 valence electrons. The first kappa shape index (κ1) is 24.0. The molecule has 1 fully saturated rings. The molecule has 1 saturated heterocycles. The Morgan fingerprint density at radius 2 is 1.97 bits per heavy atom. The number of ether oxygens (including phenoxy) is 3. The summed E-state index contributed by atoms with van der Waals surface area (Å²) in [6, 6.07) is 6.60. The third-order valence-electron chi connectivity index (χ3n) is 4.84. The van der Waals surface area contributed by atoms with E-state index >= 15 is 0 Å². The molecule has 0 unspecified atom stereocenters. The molecule has 2 heterocycles. The second-order valence-electron chi connectivity index (χ2n) is 7.02. The largest absolute Gasteiger partial charge is 0.465 e. The summed E-state index contributed by atoms with van der Waals surface area (Å²) in [7, 11) is 1.18. The first-order valence-corrected chi connectivity index (χ1v) is 10.9. The molecule has 35 heavy (non-hydrogen) atoms. The third kappa shape index (κ3) is 4.90. The number of imide groups is 1. The van der Waals surface area contributed by atoms with Gasteiger partial charge in [0.1, 0.15) is 6.54 Å². The van der Waals surface area contributed by atoms with Crippen LogP contribution in [0.3, 0.4) is 0 Å². The molecule has 0 spiro atoms. The van der Waals surface area contributed by atoms with Crippen LogP contribution in [0, 0.1) is 10.1 Å². The SMILES string of the molecule is COC(=O)c1cc(NC(=O)CN2C(=O)S/C(=C\c3cc4c(cc3[N+](=O)[O-])OCO4)C2=O)ccc1Cl. The van der Waals surface area contributed by atoms with Gasteiger partial charge in [0.15, 0.2) is 11.5 Å². The first-order chi connectivity index (χ1) is 16.7. The van der Waals surface area contributed by atoms with Gasteiger partial charge in [0, 0.05) is 5.69 Å².